The third-order valence-corrected chi connectivity index (χ3v) is 7.19. The number of hydrogen-bond donors (Lipinski definition) is 0. The lowest BCUT2D eigenvalue weighted by Gasteiger charge is -2.40. The predicted molar refractivity (Wildman–Crippen MR) is 104 cm³/mol. The van der Waals surface area contributed by atoms with Crippen molar-refractivity contribution in [1.29, 1.82) is 0 Å². The highest BCUT2D eigenvalue weighted by molar-refractivity contribution is 5.79. The number of rotatable bonds is 4. The van der Waals surface area contributed by atoms with Gasteiger partial charge in [-0.15, -0.1) is 0 Å². The minimum Gasteiger partial charge on any atom is -0.361 e. The molecule has 1 unspecified atom stereocenters. The molecule has 1 saturated carbocycles. The molecular weight excluding hydrogens is 370 g/mol. The molecule has 3 fully saturated rings. The van der Waals surface area contributed by atoms with Gasteiger partial charge in [0.05, 0.1) is 18.0 Å². The Morgan fingerprint density at radius 2 is 1.93 bits per heavy atom. The number of carbonyl (C=O) groups is 1. The lowest BCUT2D eigenvalue weighted by molar-refractivity contribution is -0.130. The second kappa shape index (κ2) is 6.93. The number of hydrogen-bond acceptors (Lipinski definition) is 7. The molecule has 2 saturated heterocycles. The molecule has 2 aromatic heterocycles. The van der Waals surface area contributed by atoms with Crippen molar-refractivity contribution in [2.75, 3.05) is 33.2 Å². The van der Waals surface area contributed by atoms with Crippen molar-refractivity contribution < 1.29 is 13.8 Å². The Hall–Kier alpha value is -2.22. The first-order valence-electron chi connectivity index (χ1n) is 10.7. The van der Waals surface area contributed by atoms with Crippen molar-refractivity contribution in [2.45, 2.75) is 57.8 Å². The highest BCUT2D eigenvalue weighted by Crippen LogP contribution is 2.50. The van der Waals surface area contributed by atoms with E-state index in [9.17, 15) is 4.79 Å². The quantitative estimate of drug-likeness (QED) is 0.780. The summed E-state index contributed by atoms with van der Waals surface area (Å²) in [5.41, 5.74) is 1.73. The van der Waals surface area contributed by atoms with E-state index in [4.69, 9.17) is 14.0 Å². The van der Waals surface area contributed by atoms with E-state index in [0.717, 1.165) is 74.1 Å². The molecule has 156 valence electrons. The molecule has 0 N–H and O–H groups in total. The van der Waals surface area contributed by atoms with Crippen molar-refractivity contribution >= 4 is 5.91 Å². The van der Waals surface area contributed by atoms with Gasteiger partial charge in [-0.1, -0.05) is 10.3 Å². The first kappa shape index (κ1) is 18.8. The van der Waals surface area contributed by atoms with E-state index in [-0.39, 0.29) is 17.2 Å². The summed E-state index contributed by atoms with van der Waals surface area (Å²) in [5.74, 6) is 3.02. The molecule has 1 amide bonds. The fraction of sp³-hybridized carbons (Fsp3) is 0.714. The lowest BCUT2D eigenvalue weighted by atomic mass is 9.71. The van der Waals surface area contributed by atoms with E-state index in [2.05, 4.69) is 22.3 Å². The van der Waals surface area contributed by atoms with Crippen LogP contribution >= 0.6 is 0 Å². The molecule has 0 aromatic carbocycles. The highest BCUT2D eigenvalue weighted by Gasteiger charge is 2.52. The Labute approximate surface area is 170 Å². The van der Waals surface area contributed by atoms with Crippen LogP contribution in [0.25, 0.3) is 0 Å². The van der Waals surface area contributed by atoms with Gasteiger partial charge >= 0.3 is 0 Å². The van der Waals surface area contributed by atoms with Gasteiger partial charge in [0, 0.05) is 30.0 Å². The van der Waals surface area contributed by atoms with E-state index in [0.29, 0.717) is 18.9 Å². The van der Waals surface area contributed by atoms with E-state index in [1.54, 1.807) is 0 Å². The highest BCUT2D eigenvalue weighted by atomic mass is 16.5. The number of piperidine rings is 1. The summed E-state index contributed by atoms with van der Waals surface area (Å²) in [4.78, 5) is 22.3. The van der Waals surface area contributed by atoms with E-state index in [1.807, 2.05) is 18.7 Å². The van der Waals surface area contributed by atoms with Crippen LogP contribution in [0.3, 0.4) is 0 Å². The minimum atomic E-state index is 0.0221. The molecule has 3 aliphatic rings. The Balaban J connectivity index is 1.39. The summed E-state index contributed by atoms with van der Waals surface area (Å²) < 4.78 is 11.0. The molecule has 29 heavy (non-hydrogen) atoms. The zero-order valence-electron chi connectivity index (χ0n) is 17.5. The Morgan fingerprint density at radius 3 is 2.59 bits per heavy atom. The maximum atomic E-state index is 13.2. The minimum absolute atomic E-state index is 0.0221. The number of carbonyl (C=O) groups excluding carboxylic acids is 1. The summed E-state index contributed by atoms with van der Waals surface area (Å²) in [7, 11) is 2.16. The maximum absolute atomic E-state index is 13.2. The average molecular weight is 399 g/mol. The Morgan fingerprint density at radius 1 is 1.17 bits per heavy atom. The van der Waals surface area contributed by atoms with Crippen molar-refractivity contribution in [3.8, 4) is 0 Å². The van der Waals surface area contributed by atoms with Crippen molar-refractivity contribution in [3.63, 3.8) is 0 Å². The van der Waals surface area contributed by atoms with Crippen LogP contribution in [0.15, 0.2) is 9.05 Å². The van der Waals surface area contributed by atoms with Crippen LogP contribution in [0, 0.1) is 19.3 Å². The number of nitrogens with zero attached hydrogens (tertiary/aromatic N) is 5. The monoisotopic (exact) mass is 399 g/mol. The van der Waals surface area contributed by atoms with Crippen LogP contribution in [0.2, 0.25) is 0 Å². The summed E-state index contributed by atoms with van der Waals surface area (Å²) in [6.07, 6.45) is 4.74. The van der Waals surface area contributed by atoms with Gasteiger partial charge < -0.3 is 18.8 Å². The molecule has 8 nitrogen and oxygen atoms in total. The van der Waals surface area contributed by atoms with Crippen LogP contribution in [0.1, 0.15) is 66.3 Å². The molecule has 0 bridgehead atoms. The van der Waals surface area contributed by atoms with Gasteiger partial charge in [-0.25, -0.2) is 0 Å². The standard InChI is InChI=1S/C21H29N5O3/c1-13-16(14(2)28-23-13)10-18(27)26-11-17(20-22-19(24-29-20)15-4-5-15)21(12-26)6-8-25(3)9-7-21/h15,17H,4-12H2,1-3H3. The fourth-order valence-corrected chi connectivity index (χ4v) is 4.98. The third-order valence-electron chi connectivity index (χ3n) is 7.19. The first-order valence-corrected chi connectivity index (χ1v) is 10.7. The van der Waals surface area contributed by atoms with Crippen molar-refractivity contribution in [2.24, 2.45) is 5.41 Å². The molecule has 8 heteroatoms. The number of aryl methyl sites for hydroxylation is 2. The number of amides is 1. The van der Waals surface area contributed by atoms with E-state index >= 15 is 0 Å². The van der Waals surface area contributed by atoms with Crippen LogP contribution < -0.4 is 0 Å². The molecule has 0 radical (unpaired) electrons. The molecule has 1 atom stereocenters. The SMILES string of the molecule is Cc1noc(C)c1CC(=O)N1CC(c2nc(C3CC3)no2)C2(CCN(C)CC2)C1. The van der Waals surface area contributed by atoms with Gasteiger partial charge in [-0.05, 0) is 59.7 Å². The van der Waals surface area contributed by atoms with Gasteiger partial charge in [-0.3, -0.25) is 4.79 Å². The van der Waals surface area contributed by atoms with Crippen LogP contribution in [0.4, 0.5) is 0 Å². The summed E-state index contributed by atoms with van der Waals surface area (Å²) in [6.45, 7) is 7.24. The van der Waals surface area contributed by atoms with Gasteiger partial charge in [-0.2, -0.15) is 4.98 Å². The zero-order chi connectivity index (χ0) is 20.2. The van der Waals surface area contributed by atoms with Crippen LogP contribution in [-0.2, 0) is 11.2 Å². The van der Waals surface area contributed by atoms with Crippen LogP contribution in [-0.4, -0.2) is 64.2 Å². The van der Waals surface area contributed by atoms with Crippen molar-refractivity contribution in [1.82, 2.24) is 25.1 Å². The van der Waals surface area contributed by atoms with Gasteiger partial charge in [0.15, 0.2) is 5.82 Å². The van der Waals surface area contributed by atoms with Crippen molar-refractivity contribution in [3.05, 3.63) is 28.7 Å². The summed E-state index contributed by atoms with van der Waals surface area (Å²) in [6, 6.07) is 0. The average Bonchev–Trinajstić information content (AvgIpc) is 3.21. The largest absolute Gasteiger partial charge is 0.361 e. The second-order valence-corrected chi connectivity index (χ2v) is 9.24. The van der Waals surface area contributed by atoms with Gasteiger partial charge in [0.25, 0.3) is 0 Å². The molecule has 5 rings (SSSR count). The van der Waals surface area contributed by atoms with E-state index < -0.39 is 0 Å². The van der Waals surface area contributed by atoms with E-state index in [1.165, 1.54) is 0 Å². The second-order valence-electron chi connectivity index (χ2n) is 9.24. The molecule has 1 aliphatic carbocycles. The zero-order valence-corrected chi connectivity index (χ0v) is 17.5. The summed E-state index contributed by atoms with van der Waals surface area (Å²) in [5, 5.41) is 8.24. The van der Waals surface area contributed by atoms with Gasteiger partial charge in [0.1, 0.15) is 5.76 Å². The summed E-state index contributed by atoms with van der Waals surface area (Å²) >= 11 is 0. The topological polar surface area (TPSA) is 88.5 Å². The molecule has 4 heterocycles. The Kier molecular flexibility index (Phi) is 4.49. The van der Waals surface area contributed by atoms with Gasteiger partial charge in [0.2, 0.25) is 11.8 Å². The normalized spacial score (nSPS) is 24.5. The Bertz CT molecular complexity index is 888. The number of likely N-dealkylation sites (tertiary alicyclic amines) is 2. The lowest BCUT2D eigenvalue weighted by Crippen LogP contribution is -2.42. The molecule has 2 aliphatic heterocycles. The fourth-order valence-electron chi connectivity index (χ4n) is 4.98. The maximum Gasteiger partial charge on any atom is 0.232 e. The van der Waals surface area contributed by atoms with Crippen LogP contribution in [0.5, 0.6) is 0 Å². The predicted octanol–water partition coefficient (Wildman–Crippen LogP) is 2.43. The molecule has 1 spiro atoms. The smallest absolute Gasteiger partial charge is 0.232 e. The molecule has 2 aromatic rings. The number of aromatic nitrogens is 3. The third kappa shape index (κ3) is 3.37. The first-order chi connectivity index (χ1) is 13.9. The molecular formula is C21H29N5O3.